The van der Waals surface area contributed by atoms with Crippen LogP contribution in [-0.4, -0.2) is 69.0 Å². The third kappa shape index (κ3) is 9.85. The number of methoxy groups -OCH3 is 1. The highest BCUT2D eigenvalue weighted by Crippen LogP contribution is 2.27. The Bertz CT molecular complexity index is 381. The molecule has 0 heterocycles. The van der Waals surface area contributed by atoms with E-state index in [2.05, 4.69) is 15.6 Å². The van der Waals surface area contributed by atoms with Gasteiger partial charge in [-0.25, -0.2) is 4.79 Å². The molecule has 1 rings (SSSR count). The van der Waals surface area contributed by atoms with E-state index in [1.165, 1.54) is 0 Å². The first-order chi connectivity index (χ1) is 10.4. The molecule has 1 amide bonds. The van der Waals surface area contributed by atoms with E-state index in [4.69, 9.17) is 9.47 Å². The summed E-state index contributed by atoms with van der Waals surface area (Å²) >= 11 is 0. The second-order valence-electron chi connectivity index (χ2n) is 6.32. The van der Waals surface area contributed by atoms with E-state index < -0.39 is 5.60 Å². The van der Waals surface area contributed by atoms with Crippen molar-refractivity contribution in [3.63, 3.8) is 0 Å². The molecule has 0 aromatic rings. The van der Waals surface area contributed by atoms with Crippen molar-refractivity contribution in [3.05, 3.63) is 0 Å². The molecular formula is C15H31IN4O3. The Labute approximate surface area is 156 Å². The topological polar surface area (TPSA) is 75.2 Å². The second-order valence-corrected chi connectivity index (χ2v) is 6.32. The lowest BCUT2D eigenvalue weighted by Crippen LogP contribution is -2.45. The van der Waals surface area contributed by atoms with E-state index in [0.717, 1.165) is 12.8 Å². The first-order valence-electron chi connectivity index (χ1n) is 7.80. The Morgan fingerprint density at radius 3 is 2.35 bits per heavy atom. The molecule has 1 saturated carbocycles. The number of amides is 1. The zero-order valence-electron chi connectivity index (χ0n) is 14.8. The number of carbonyl (C=O) groups is 1. The molecule has 0 spiro atoms. The molecule has 0 atom stereocenters. The number of hydrogen-bond donors (Lipinski definition) is 2. The van der Waals surface area contributed by atoms with Gasteiger partial charge in [-0.3, -0.25) is 4.99 Å². The van der Waals surface area contributed by atoms with E-state index in [1.807, 2.05) is 20.8 Å². The number of nitrogens with one attached hydrogen (secondary N) is 2. The van der Waals surface area contributed by atoms with Gasteiger partial charge >= 0.3 is 6.09 Å². The zero-order valence-corrected chi connectivity index (χ0v) is 17.2. The first-order valence-corrected chi connectivity index (χ1v) is 7.80. The summed E-state index contributed by atoms with van der Waals surface area (Å²) in [5.74, 6) is 0.706. The average Bonchev–Trinajstić information content (AvgIpc) is 3.24. The molecule has 0 aromatic heterocycles. The molecule has 7 nitrogen and oxygen atoms in total. The van der Waals surface area contributed by atoms with E-state index in [-0.39, 0.29) is 30.1 Å². The number of rotatable bonds is 7. The third-order valence-electron chi connectivity index (χ3n) is 3.08. The summed E-state index contributed by atoms with van der Waals surface area (Å²) in [5, 5.41) is 6.33. The molecule has 0 unspecified atom stereocenters. The van der Waals surface area contributed by atoms with Crippen LogP contribution in [0.2, 0.25) is 0 Å². The smallest absolute Gasteiger partial charge is 0.410 e. The van der Waals surface area contributed by atoms with Crippen LogP contribution in [-0.2, 0) is 9.47 Å². The van der Waals surface area contributed by atoms with Crippen LogP contribution in [0.5, 0.6) is 0 Å². The summed E-state index contributed by atoms with van der Waals surface area (Å²) in [6, 6.07) is 0.320. The van der Waals surface area contributed by atoms with Crippen molar-refractivity contribution < 1.29 is 14.3 Å². The highest BCUT2D eigenvalue weighted by molar-refractivity contribution is 14.0. The van der Waals surface area contributed by atoms with Crippen LogP contribution in [0, 0.1) is 0 Å². The SMILES string of the molecule is CN=C(NCCOC)NCCN(C(=O)OC(C)(C)C)C1CC1.I. The average molecular weight is 442 g/mol. The van der Waals surface area contributed by atoms with Gasteiger partial charge in [0.15, 0.2) is 5.96 Å². The number of ether oxygens (including phenoxy) is 2. The molecular weight excluding hydrogens is 411 g/mol. The largest absolute Gasteiger partial charge is 0.444 e. The van der Waals surface area contributed by atoms with Crippen molar-refractivity contribution in [1.82, 2.24) is 15.5 Å². The fraction of sp³-hybridized carbons (Fsp3) is 0.867. The van der Waals surface area contributed by atoms with Crippen LogP contribution < -0.4 is 10.6 Å². The molecule has 136 valence electrons. The monoisotopic (exact) mass is 442 g/mol. The van der Waals surface area contributed by atoms with Crippen LogP contribution in [0.1, 0.15) is 33.6 Å². The van der Waals surface area contributed by atoms with Gasteiger partial charge in [0.05, 0.1) is 6.61 Å². The fourth-order valence-corrected chi connectivity index (χ4v) is 1.92. The van der Waals surface area contributed by atoms with Crippen molar-refractivity contribution >= 4 is 36.0 Å². The standard InChI is InChI=1S/C15H30N4O3.HI/c1-15(2,3)22-14(20)19(12-6-7-12)10-8-17-13(16-4)18-9-11-21-5;/h12H,6-11H2,1-5H3,(H2,16,17,18);1H. The fourth-order valence-electron chi connectivity index (χ4n) is 1.92. The van der Waals surface area contributed by atoms with Crippen molar-refractivity contribution in [2.24, 2.45) is 4.99 Å². The van der Waals surface area contributed by atoms with E-state index in [0.29, 0.717) is 38.2 Å². The molecule has 0 saturated heterocycles. The van der Waals surface area contributed by atoms with Crippen LogP contribution in [0.25, 0.3) is 0 Å². The molecule has 0 aromatic carbocycles. The van der Waals surface area contributed by atoms with E-state index in [1.54, 1.807) is 19.1 Å². The van der Waals surface area contributed by atoms with Gasteiger partial charge in [0.1, 0.15) is 5.60 Å². The van der Waals surface area contributed by atoms with Gasteiger partial charge in [-0.05, 0) is 33.6 Å². The van der Waals surface area contributed by atoms with Crippen molar-refractivity contribution in [2.45, 2.75) is 45.3 Å². The number of hydrogen-bond acceptors (Lipinski definition) is 4. The summed E-state index contributed by atoms with van der Waals surface area (Å²) in [7, 11) is 3.38. The van der Waals surface area contributed by atoms with Gasteiger partial charge in [0, 0.05) is 39.8 Å². The lowest BCUT2D eigenvalue weighted by molar-refractivity contribution is 0.0238. The first kappa shape index (κ1) is 22.2. The number of guanidine groups is 1. The van der Waals surface area contributed by atoms with Gasteiger partial charge in [0.2, 0.25) is 0 Å². The van der Waals surface area contributed by atoms with E-state index >= 15 is 0 Å². The van der Waals surface area contributed by atoms with Crippen LogP contribution in [0.3, 0.4) is 0 Å². The zero-order chi connectivity index (χ0) is 16.6. The number of nitrogens with zero attached hydrogens (tertiary/aromatic N) is 2. The van der Waals surface area contributed by atoms with Crippen LogP contribution >= 0.6 is 24.0 Å². The summed E-state index contributed by atoms with van der Waals surface area (Å²) in [4.78, 5) is 18.1. The van der Waals surface area contributed by atoms with E-state index in [9.17, 15) is 4.79 Å². The van der Waals surface area contributed by atoms with Gasteiger partial charge < -0.3 is 25.0 Å². The summed E-state index contributed by atoms with van der Waals surface area (Å²) in [6.45, 7) is 8.19. The van der Waals surface area contributed by atoms with Crippen LogP contribution in [0.15, 0.2) is 4.99 Å². The molecule has 1 aliphatic carbocycles. The minimum Gasteiger partial charge on any atom is -0.444 e. The Balaban J connectivity index is 0.00000484. The quantitative estimate of drug-likeness (QED) is 0.272. The molecule has 0 bridgehead atoms. The molecule has 8 heteroatoms. The summed E-state index contributed by atoms with van der Waals surface area (Å²) in [6.07, 6.45) is 1.87. The van der Waals surface area contributed by atoms with Gasteiger partial charge in [-0.15, -0.1) is 24.0 Å². The molecule has 23 heavy (non-hydrogen) atoms. The molecule has 0 aliphatic heterocycles. The lowest BCUT2D eigenvalue weighted by atomic mass is 10.2. The van der Waals surface area contributed by atoms with Crippen molar-refractivity contribution in [1.29, 1.82) is 0 Å². The Kier molecular flexibility index (Phi) is 10.5. The summed E-state index contributed by atoms with van der Waals surface area (Å²) < 4.78 is 10.4. The Morgan fingerprint density at radius 2 is 1.87 bits per heavy atom. The molecule has 1 aliphatic rings. The summed E-state index contributed by atoms with van der Waals surface area (Å²) in [5.41, 5.74) is -0.463. The Morgan fingerprint density at radius 1 is 1.26 bits per heavy atom. The normalized spacial score (nSPS) is 14.7. The minimum absolute atomic E-state index is 0. The highest BCUT2D eigenvalue weighted by Gasteiger charge is 2.34. The van der Waals surface area contributed by atoms with Gasteiger partial charge in [0.25, 0.3) is 0 Å². The minimum atomic E-state index is -0.463. The lowest BCUT2D eigenvalue weighted by Gasteiger charge is -2.27. The molecule has 2 N–H and O–H groups in total. The van der Waals surface area contributed by atoms with Gasteiger partial charge in [-0.2, -0.15) is 0 Å². The number of carbonyl (C=O) groups excluding carboxylic acids is 1. The van der Waals surface area contributed by atoms with Crippen molar-refractivity contribution in [2.75, 3.05) is 40.4 Å². The predicted molar refractivity (Wildman–Crippen MR) is 103 cm³/mol. The number of aliphatic imine (C=N–C) groups is 1. The molecule has 1 fully saturated rings. The Hall–Kier alpha value is -0.770. The van der Waals surface area contributed by atoms with Crippen molar-refractivity contribution in [3.8, 4) is 0 Å². The highest BCUT2D eigenvalue weighted by atomic mass is 127. The maximum atomic E-state index is 12.2. The number of halogens is 1. The van der Waals surface area contributed by atoms with Crippen LogP contribution in [0.4, 0.5) is 4.79 Å². The maximum absolute atomic E-state index is 12.2. The molecule has 0 radical (unpaired) electrons. The third-order valence-corrected chi connectivity index (χ3v) is 3.08. The predicted octanol–water partition coefficient (Wildman–Crippen LogP) is 1.82. The van der Waals surface area contributed by atoms with Gasteiger partial charge in [-0.1, -0.05) is 0 Å². The second kappa shape index (κ2) is 10.9. The maximum Gasteiger partial charge on any atom is 0.410 e.